The van der Waals surface area contributed by atoms with Crippen LogP contribution < -0.4 is 9.83 Å². The number of hydrogen-bond acceptors (Lipinski definition) is 8. The monoisotopic (exact) mass is 887 g/mol. The fourth-order valence-corrected chi connectivity index (χ4v) is 7.15. The van der Waals surface area contributed by atoms with Crippen LogP contribution in [0.5, 0.6) is 5.75 Å². The molecule has 4 aromatic rings. The normalized spacial score (nSPS) is 11.9. The summed E-state index contributed by atoms with van der Waals surface area (Å²) in [4.78, 5) is 9.27. The molecule has 4 rings (SSSR count). The standard InChI is InChI=1S/C33H34F4N2O6P2.Pt/c1-7-41-46(42-8-2)45-31-23(34)19-17-21(29(31)36)25-13-11-15-27(38-25)33(5,6)28-16-12-14-26(39-28)22-18-20-24(35)32(30(22)37)47(40,43-9-3)44-10-4;/h11-16,19-20H,7-10H2,1-6H3;/q-2;+2. The van der Waals surface area contributed by atoms with E-state index in [1.54, 1.807) is 52.0 Å². The zero-order valence-electron chi connectivity index (χ0n) is 27.0. The maximum Gasteiger partial charge on any atom is 2.00 e. The van der Waals surface area contributed by atoms with Crippen molar-refractivity contribution in [2.75, 3.05) is 26.4 Å². The molecule has 2 heterocycles. The van der Waals surface area contributed by atoms with Gasteiger partial charge in [-0.05, 0) is 65.1 Å². The molecule has 0 fully saturated rings. The van der Waals surface area contributed by atoms with E-state index in [0.717, 1.165) is 12.1 Å². The first kappa shape index (κ1) is 39.9. The summed E-state index contributed by atoms with van der Waals surface area (Å²) < 4.78 is 101. The quantitative estimate of drug-likeness (QED) is 0.0665. The summed E-state index contributed by atoms with van der Waals surface area (Å²) in [6.45, 7) is 10.3. The molecule has 15 heteroatoms. The molecule has 0 aliphatic carbocycles. The zero-order chi connectivity index (χ0) is 34.4. The molecule has 0 radical (unpaired) electrons. The van der Waals surface area contributed by atoms with E-state index in [1.807, 2.05) is 0 Å². The summed E-state index contributed by atoms with van der Waals surface area (Å²) >= 11 is 0. The second kappa shape index (κ2) is 17.4. The fraction of sp³-hybridized carbons (Fsp3) is 0.333. The van der Waals surface area contributed by atoms with Crippen molar-refractivity contribution in [3.05, 3.63) is 95.3 Å². The smallest absolute Gasteiger partial charge is 0.441 e. The van der Waals surface area contributed by atoms with Gasteiger partial charge in [0.05, 0.1) is 55.0 Å². The Labute approximate surface area is 293 Å². The number of benzene rings is 2. The third kappa shape index (κ3) is 8.59. The van der Waals surface area contributed by atoms with Crippen LogP contribution in [0.15, 0.2) is 48.5 Å². The van der Waals surface area contributed by atoms with Crippen LogP contribution in [0.25, 0.3) is 22.5 Å². The number of nitrogens with zero attached hydrogens (tertiary/aromatic N) is 2. The van der Waals surface area contributed by atoms with Crippen molar-refractivity contribution in [2.45, 2.75) is 47.0 Å². The first-order valence-corrected chi connectivity index (χ1v) is 17.4. The topological polar surface area (TPSA) is 89.0 Å². The van der Waals surface area contributed by atoms with Gasteiger partial charge in [-0.2, -0.15) is 0 Å². The molecule has 0 bridgehead atoms. The average molecular weight is 888 g/mol. The molecule has 260 valence electrons. The van der Waals surface area contributed by atoms with Gasteiger partial charge in [0, 0.05) is 16.8 Å². The van der Waals surface area contributed by atoms with Gasteiger partial charge in [0.25, 0.3) is 0 Å². The number of aromatic nitrogens is 2. The Kier molecular flexibility index (Phi) is 14.5. The largest absolute Gasteiger partial charge is 2.00 e. The van der Waals surface area contributed by atoms with Gasteiger partial charge in [0.1, 0.15) is 5.75 Å². The Morgan fingerprint density at radius 1 is 0.750 bits per heavy atom. The van der Waals surface area contributed by atoms with E-state index in [4.69, 9.17) is 22.6 Å². The average Bonchev–Trinajstić information content (AvgIpc) is 3.03. The van der Waals surface area contributed by atoms with E-state index in [1.165, 1.54) is 26.0 Å². The van der Waals surface area contributed by atoms with E-state index < -0.39 is 55.9 Å². The summed E-state index contributed by atoms with van der Waals surface area (Å²) in [5.74, 6) is -4.99. The third-order valence-electron chi connectivity index (χ3n) is 6.77. The van der Waals surface area contributed by atoms with Crippen molar-refractivity contribution >= 4 is 21.5 Å². The van der Waals surface area contributed by atoms with Crippen LogP contribution in [-0.4, -0.2) is 36.4 Å². The van der Waals surface area contributed by atoms with Gasteiger partial charge in [-0.1, -0.05) is 35.4 Å². The van der Waals surface area contributed by atoms with Gasteiger partial charge in [-0.15, -0.1) is 24.3 Å². The van der Waals surface area contributed by atoms with E-state index >= 15 is 8.78 Å². The molecule has 0 saturated heterocycles. The number of halogens is 4. The molecular formula is C33H34F4N2O6P2Pt. The predicted molar refractivity (Wildman–Crippen MR) is 170 cm³/mol. The molecule has 2 aromatic carbocycles. The molecule has 0 spiro atoms. The molecule has 0 saturated carbocycles. The molecule has 0 aliphatic heterocycles. The molecule has 2 aromatic heterocycles. The van der Waals surface area contributed by atoms with Gasteiger partial charge < -0.3 is 32.6 Å². The van der Waals surface area contributed by atoms with Crippen molar-refractivity contribution < 1.29 is 65.8 Å². The minimum absolute atomic E-state index is 0. The van der Waals surface area contributed by atoms with E-state index in [-0.39, 0.29) is 70.0 Å². The second-order valence-corrected chi connectivity index (χ2v) is 13.4. The Morgan fingerprint density at radius 3 is 1.71 bits per heavy atom. The van der Waals surface area contributed by atoms with E-state index in [9.17, 15) is 13.3 Å². The van der Waals surface area contributed by atoms with Gasteiger partial charge >= 0.3 is 37.3 Å². The van der Waals surface area contributed by atoms with Crippen LogP contribution >= 0.6 is 16.2 Å². The number of hydrogen-bond donors (Lipinski definition) is 0. The first-order valence-electron chi connectivity index (χ1n) is 14.8. The summed E-state index contributed by atoms with van der Waals surface area (Å²) in [6.07, 6.45) is 0. The maximum atomic E-state index is 15.9. The minimum Gasteiger partial charge on any atom is -0.441 e. The number of rotatable bonds is 15. The first-order chi connectivity index (χ1) is 22.4. The Morgan fingerprint density at radius 2 is 1.23 bits per heavy atom. The summed E-state index contributed by atoms with van der Waals surface area (Å²) in [6, 6.07) is 16.6. The van der Waals surface area contributed by atoms with Crippen LogP contribution in [-0.2, 0) is 49.1 Å². The third-order valence-corrected chi connectivity index (χ3v) is 10.2. The van der Waals surface area contributed by atoms with Crippen molar-refractivity contribution in [1.29, 1.82) is 0 Å². The SMILES string of the molecule is CCOP(OCC)Oc1c(F)c[c-]c(-c2cccc(C(C)(C)c3cccc(-c4[c-]cc(F)c(P(=O)(OCC)OCC)c4F)n3)n2)c1F.[Pt+2]. The molecule has 0 aliphatic rings. The van der Waals surface area contributed by atoms with Crippen LogP contribution in [0.3, 0.4) is 0 Å². The van der Waals surface area contributed by atoms with Gasteiger partial charge in [-0.25, -0.2) is 0 Å². The maximum absolute atomic E-state index is 15.9. The van der Waals surface area contributed by atoms with Crippen LogP contribution in [0, 0.1) is 35.4 Å². The molecule has 0 N–H and O–H groups in total. The van der Waals surface area contributed by atoms with Crippen molar-refractivity contribution in [1.82, 2.24) is 9.97 Å². The van der Waals surface area contributed by atoms with Crippen molar-refractivity contribution in [2.24, 2.45) is 0 Å². The van der Waals surface area contributed by atoms with E-state index in [2.05, 4.69) is 22.1 Å². The molecule has 0 atom stereocenters. The van der Waals surface area contributed by atoms with Crippen LogP contribution in [0.2, 0.25) is 0 Å². The minimum atomic E-state index is -4.33. The van der Waals surface area contributed by atoms with Crippen molar-refractivity contribution in [3.63, 3.8) is 0 Å². The van der Waals surface area contributed by atoms with Crippen LogP contribution in [0.1, 0.15) is 52.9 Å². The number of pyridine rings is 2. The van der Waals surface area contributed by atoms with Gasteiger partial charge in [0.2, 0.25) is 0 Å². The second-order valence-electron chi connectivity index (χ2n) is 10.3. The zero-order valence-corrected chi connectivity index (χ0v) is 31.1. The fourth-order valence-electron chi connectivity index (χ4n) is 4.54. The molecule has 8 nitrogen and oxygen atoms in total. The Hall–Kier alpha value is -2.55. The predicted octanol–water partition coefficient (Wildman–Crippen LogP) is 8.86. The Balaban J connectivity index is 0.00000625. The molecular weight excluding hydrogens is 853 g/mol. The summed E-state index contributed by atoms with van der Waals surface area (Å²) in [7, 11) is -6.38. The van der Waals surface area contributed by atoms with Gasteiger partial charge in [0.15, 0.2) is 0 Å². The molecule has 0 unspecified atom stereocenters. The van der Waals surface area contributed by atoms with Gasteiger partial charge in [-0.3, -0.25) is 22.1 Å². The van der Waals surface area contributed by atoms with Crippen LogP contribution in [0.4, 0.5) is 17.6 Å². The Bertz CT molecular complexity index is 1750. The molecule has 0 amide bonds. The van der Waals surface area contributed by atoms with Crippen molar-refractivity contribution in [3.8, 4) is 28.3 Å². The molecule has 48 heavy (non-hydrogen) atoms. The summed E-state index contributed by atoms with van der Waals surface area (Å²) in [5.41, 5.74) is -0.275. The van der Waals surface area contributed by atoms with E-state index in [0.29, 0.717) is 11.4 Å². The summed E-state index contributed by atoms with van der Waals surface area (Å²) in [5, 5.41) is -0.827.